The highest BCUT2D eigenvalue weighted by Crippen LogP contribution is 2.22. The van der Waals surface area contributed by atoms with E-state index >= 15 is 0 Å². The Morgan fingerprint density at radius 3 is 2.48 bits per heavy atom. The van der Waals surface area contributed by atoms with Gasteiger partial charge < -0.3 is 14.4 Å². The van der Waals surface area contributed by atoms with Gasteiger partial charge in [-0.2, -0.15) is 0 Å². The van der Waals surface area contributed by atoms with Gasteiger partial charge in [-0.15, -0.1) is 0 Å². The number of benzene rings is 1. The molecule has 5 nitrogen and oxygen atoms in total. The number of amides is 1. The van der Waals surface area contributed by atoms with E-state index in [2.05, 4.69) is 4.90 Å². The van der Waals surface area contributed by atoms with Crippen LogP contribution >= 0.6 is 11.6 Å². The smallest absolute Gasteiger partial charge is 0.226 e. The Balaban J connectivity index is 1.43. The standard InChI is InChI=1S/C19H27ClN2O3/c1-15(14-21-10-12-24-13-11-21)19(23)22-8-6-18(7-9-22)25-17-4-2-16(20)3-5-17/h2-5,15,18H,6-14H2,1H3/t15-/m1/s1. The summed E-state index contributed by atoms with van der Waals surface area (Å²) < 4.78 is 11.4. The molecule has 2 fully saturated rings. The van der Waals surface area contributed by atoms with Crippen molar-refractivity contribution in [2.45, 2.75) is 25.9 Å². The summed E-state index contributed by atoms with van der Waals surface area (Å²) in [7, 11) is 0. The van der Waals surface area contributed by atoms with Gasteiger partial charge in [-0.05, 0) is 24.3 Å². The summed E-state index contributed by atoms with van der Waals surface area (Å²) in [4.78, 5) is 17.0. The van der Waals surface area contributed by atoms with Crippen molar-refractivity contribution in [3.63, 3.8) is 0 Å². The molecule has 138 valence electrons. The van der Waals surface area contributed by atoms with Crippen molar-refractivity contribution < 1.29 is 14.3 Å². The zero-order valence-electron chi connectivity index (χ0n) is 14.8. The van der Waals surface area contributed by atoms with Crippen molar-refractivity contribution in [2.24, 2.45) is 5.92 Å². The number of morpholine rings is 1. The van der Waals surface area contributed by atoms with E-state index in [1.807, 2.05) is 36.1 Å². The topological polar surface area (TPSA) is 42.0 Å². The zero-order valence-corrected chi connectivity index (χ0v) is 15.6. The number of piperidine rings is 1. The average Bonchev–Trinajstić information content (AvgIpc) is 2.64. The molecule has 0 aromatic heterocycles. The normalized spacial score (nSPS) is 21.1. The quantitative estimate of drug-likeness (QED) is 0.803. The molecule has 0 spiro atoms. The fraction of sp³-hybridized carbons (Fsp3) is 0.632. The Labute approximate surface area is 154 Å². The second kappa shape index (κ2) is 8.88. The molecule has 1 aromatic rings. The SMILES string of the molecule is C[C@H](CN1CCOCC1)C(=O)N1CCC(Oc2ccc(Cl)cc2)CC1. The van der Waals surface area contributed by atoms with Gasteiger partial charge in [-0.1, -0.05) is 18.5 Å². The van der Waals surface area contributed by atoms with Gasteiger partial charge >= 0.3 is 0 Å². The lowest BCUT2D eigenvalue weighted by molar-refractivity contribution is -0.137. The molecule has 2 saturated heterocycles. The summed E-state index contributed by atoms with van der Waals surface area (Å²) in [6.07, 6.45) is 1.91. The second-order valence-corrected chi connectivity index (χ2v) is 7.35. The van der Waals surface area contributed by atoms with Crippen LogP contribution in [0, 0.1) is 5.92 Å². The zero-order chi connectivity index (χ0) is 17.6. The molecule has 0 N–H and O–H groups in total. The van der Waals surface area contributed by atoms with Crippen molar-refractivity contribution >= 4 is 17.5 Å². The Kier molecular flexibility index (Phi) is 6.57. The first kappa shape index (κ1) is 18.5. The van der Waals surface area contributed by atoms with Crippen molar-refractivity contribution in [1.82, 2.24) is 9.80 Å². The Morgan fingerprint density at radius 1 is 1.20 bits per heavy atom. The van der Waals surface area contributed by atoms with Gasteiger partial charge in [0.05, 0.1) is 13.2 Å². The maximum Gasteiger partial charge on any atom is 0.226 e. The summed E-state index contributed by atoms with van der Waals surface area (Å²) in [6.45, 7) is 7.79. The summed E-state index contributed by atoms with van der Waals surface area (Å²) in [6, 6.07) is 7.46. The lowest BCUT2D eigenvalue weighted by Crippen LogP contribution is -2.47. The van der Waals surface area contributed by atoms with Crippen LogP contribution in [0.15, 0.2) is 24.3 Å². The molecule has 0 unspecified atom stereocenters. The van der Waals surface area contributed by atoms with E-state index in [9.17, 15) is 4.79 Å². The van der Waals surface area contributed by atoms with Crippen LogP contribution < -0.4 is 4.74 Å². The highest BCUT2D eigenvalue weighted by molar-refractivity contribution is 6.30. The first-order valence-electron chi connectivity index (χ1n) is 9.13. The summed E-state index contributed by atoms with van der Waals surface area (Å²) in [5.74, 6) is 1.14. The van der Waals surface area contributed by atoms with Crippen molar-refractivity contribution in [3.8, 4) is 5.75 Å². The minimum Gasteiger partial charge on any atom is -0.490 e. The molecule has 0 bridgehead atoms. The van der Waals surface area contributed by atoms with Gasteiger partial charge in [0.1, 0.15) is 11.9 Å². The summed E-state index contributed by atoms with van der Waals surface area (Å²) in [5.41, 5.74) is 0. The molecule has 1 atom stereocenters. The van der Waals surface area contributed by atoms with Crippen molar-refractivity contribution in [3.05, 3.63) is 29.3 Å². The highest BCUT2D eigenvalue weighted by atomic mass is 35.5. The van der Waals surface area contributed by atoms with Gasteiger partial charge in [-0.25, -0.2) is 0 Å². The van der Waals surface area contributed by atoms with Crippen molar-refractivity contribution in [1.29, 1.82) is 0 Å². The van der Waals surface area contributed by atoms with E-state index in [4.69, 9.17) is 21.1 Å². The Bertz CT molecular complexity index is 552. The average molecular weight is 367 g/mol. The maximum atomic E-state index is 12.7. The molecule has 1 aromatic carbocycles. The monoisotopic (exact) mass is 366 g/mol. The number of hydrogen-bond donors (Lipinski definition) is 0. The van der Waals surface area contributed by atoms with E-state index in [1.54, 1.807) is 0 Å². The van der Waals surface area contributed by atoms with Crippen LogP contribution in [0.3, 0.4) is 0 Å². The molecule has 1 amide bonds. The van der Waals surface area contributed by atoms with Gasteiger partial charge in [0.2, 0.25) is 5.91 Å². The fourth-order valence-electron chi connectivity index (χ4n) is 3.46. The number of carbonyl (C=O) groups is 1. The minimum atomic E-state index is 0.0341. The number of rotatable bonds is 5. The fourth-order valence-corrected chi connectivity index (χ4v) is 3.59. The van der Waals surface area contributed by atoms with Crippen LogP contribution in [-0.2, 0) is 9.53 Å². The number of halogens is 1. The first-order chi connectivity index (χ1) is 12.1. The molecule has 0 saturated carbocycles. The van der Waals surface area contributed by atoms with Crippen LogP contribution in [0.25, 0.3) is 0 Å². The highest BCUT2D eigenvalue weighted by Gasteiger charge is 2.28. The third kappa shape index (κ3) is 5.33. The van der Waals surface area contributed by atoms with E-state index in [-0.39, 0.29) is 17.9 Å². The molecule has 25 heavy (non-hydrogen) atoms. The number of carbonyl (C=O) groups excluding carboxylic acids is 1. The second-order valence-electron chi connectivity index (χ2n) is 6.91. The minimum absolute atomic E-state index is 0.0341. The van der Waals surface area contributed by atoms with E-state index < -0.39 is 0 Å². The van der Waals surface area contributed by atoms with Crippen LogP contribution in [0.5, 0.6) is 5.75 Å². The van der Waals surface area contributed by atoms with Gasteiger partial charge in [0.15, 0.2) is 0 Å². The summed E-state index contributed by atoms with van der Waals surface area (Å²) >= 11 is 5.90. The number of ether oxygens (including phenoxy) is 2. The maximum absolute atomic E-state index is 12.7. The molecule has 0 radical (unpaired) electrons. The molecular formula is C19H27ClN2O3. The third-order valence-electron chi connectivity index (χ3n) is 4.93. The summed E-state index contributed by atoms with van der Waals surface area (Å²) in [5, 5.41) is 0.710. The first-order valence-corrected chi connectivity index (χ1v) is 9.51. The van der Waals surface area contributed by atoms with E-state index in [1.165, 1.54) is 0 Å². The molecule has 2 aliphatic rings. The third-order valence-corrected chi connectivity index (χ3v) is 5.18. The van der Waals surface area contributed by atoms with Crippen LogP contribution in [0.4, 0.5) is 0 Å². The lowest BCUT2D eigenvalue weighted by atomic mass is 10.0. The molecular weight excluding hydrogens is 340 g/mol. The largest absolute Gasteiger partial charge is 0.490 e. The molecule has 6 heteroatoms. The van der Waals surface area contributed by atoms with Crippen LogP contribution in [-0.4, -0.2) is 67.7 Å². The van der Waals surface area contributed by atoms with E-state index in [0.717, 1.165) is 64.5 Å². The van der Waals surface area contributed by atoms with E-state index in [0.29, 0.717) is 5.02 Å². The van der Waals surface area contributed by atoms with Crippen molar-refractivity contribution in [2.75, 3.05) is 45.9 Å². The number of nitrogens with zero attached hydrogens (tertiary/aromatic N) is 2. The Morgan fingerprint density at radius 2 is 1.84 bits per heavy atom. The predicted octanol–water partition coefficient (Wildman–Crippen LogP) is 2.68. The van der Waals surface area contributed by atoms with Crippen LogP contribution in [0.1, 0.15) is 19.8 Å². The Hall–Kier alpha value is -1.30. The molecule has 3 rings (SSSR count). The molecule has 2 heterocycles. The molecule has 0 aliphatic carbocycles. The molecule has 2 aliphatic heterocycles. The lowest BCUT2D eigenvalue weighted by Gasteiger charge is -2.35. The predicted molar refractivity (Wildman–Crippen MR) is 98.1 cm³/mol. The number of hydrogen-bond acceptors (Lipinski definition) is 4. The van der Waals surface area contributed by atoms with Crippen LogP contribution in [0.2, 0.25) is 5.02 Å². The van der Waals surface area contributed by atoms with Gasteiger partial charge in [-0.3, -0.25) is 9.69 Å². The van der Waals surface area contributed by atoms with Gasteiger partial charge in [0, 0.05) is 56.5 Å². The van der Waals surface area contributed by atoms with Gasteiger partial charge in [0.25, 0.3) is 0 Å². The number of likely N-dealkylation sites (tertiary alicyclic amines) is 1.